The van der Waals surface area contributed by atoms with E-state index in [0.717, 1.165) is 55.3 Å². The van der Waals surface area contributed by atoms with Gasteiger partial charge in [-0.05, 0) is 38.2 Å². The van der Waals surface area contributed by atoms with Gasteiger partial charge in [-0.3, -0.25) is 4.68 Å². The molecule has 0 aromatic carbocycles. The first-order chi connectivity index (χ1) is 11.7. The summed E-state index contributed by atoms with van der Waals surface area (Å²) in [6.45, 7) is 8.62. The van der Waals surface area contributed by atoms with E-state index in [0.29, 0.717) is 0 Å². The molecule has 0 spiro atoms. The summed E-state index contributed by atoms with van der Waals surface area (Å²) in [6.07, 6.45) is 6.73. The van der Waals surface area contributed by atoms with Gasteiger partial charge < -0.3 is 10.2 Å². The highest BCUT2D eigenvalue weighted by molar-refractivity contribution is 5.62. The second kappa shape index (κ2) is 7.44. The molecule has 0 unspecified atom stereocenters. The Morgan fingerprint density at radius 3 is 2.71 bits per heavy atom. The molecular formula is C17H25N7. The number of nitrogens with zero attached hydrogens (tertiary/aromatic N) is 6. The van der Waals surface area contributed by atoms with Gasteiger partial charge in [0.1, 0.15) is 5.82 Å². The molecule has 128 valence electrons. The van der Waals surface area contributed by atoms with Crippen molar-refractivity contribution in [3.63, 3.8) is 0 Å². The van der Waals surface area contributed by atoms with Crippen molar-refractivity contribution in [2.45, 2.75) is 20.3 Å². The lowest BCUT2D eigenvalue weighted by molar-refractivity contribution is 0.303. The highest BCUT2D eigenvalue weighted by Crippen LogP contribution is 2.19. The molecule has 0 fully saturated rings. The van der Waals surface area contributed by atoms with Crippen molar-refractivity contribution in [3.8, 4) is 11.3 Å². The van der Waals surface area contributed by atoms with Gasteiger partial charge in [0.15, 0.2) is 5.65 Å². The van der Waals surface area contributed by atoms with E-state index in [4.69, 9.17) is 0 Å². The Kier molecular flexibility index (Phi) is 5.10. The summed E-state index contributed by atoms with van der Waals surface area (Å²) in [5, 5.41) is 12.3. The summed E-state index contributed by atoms with van der Waals surface area (Å²) in [7, 11) is 1.91. The molecule has 0 radical (unpaired) electrons. The maximum atomic E-state index is 4.67. The minimum atomic E-state index is 0.836. The molecule has 3 aromatic heterocycles. The zero-order chi connectivity index (χ0) is 16.9. The van der Waals surface area contributed by atoms with Crippen LogP contribution in [0.4, 0.5) is 5.82 Å². The lowest BCUT2D eigenvalue weighted by Crippen LogP contribution is -2.25. The SMILES string of the molecule is CCN(CC)CCCNc1ccc2ncc(-c3cnn(C)c3)n2n1. The summed E-state index contributed by atoms with van der Waals surface area (Å²) in [4.78, 5) is 6.84. The van der Waals surface area contributed by atoms with Crippen LogP contribution in [-0.4, -0.2) is 55.5 Å². The van der Waals surface area contributed by atoms with E-state index < -0.39 is 0 Å². The molecule has 0 saturated heterocycles. The first-order valence-electron chi connectivity index (χ1n) is 8.51. The molecule has 3 aromatic rings. The zero-order valence-electron chi connectivity index (χ0n) is 14.6. The number of aryl methyl sites for hydroxylation is 1. The topological polar surface area (TPSA) is 63.3 Å². The minimum absolute atomic E-state index is 0.836. The van der Waals surface area contributed by atoms with Crippen LogP contribution < -0.4 is 5.32 Å². The predicted molar refractivity (Wildman–Crippen MR) is 96.1 cm³/mol. The van der Waals surface area contributed by atoms with Crippen LogP contribution in [0.5, 0.6) is 0 Å². The van der Waals surface area contributed by atoms with Crippen molar-refractivity contribution in [1.82, 2.24) is 29.3 Å². The average Bonchev–Trinajstić information content (AvgIpc) is 3.20. The first-order valence-corrected chi connectivity index (χ1v) is 8.51. The van der Waals surface area contributed by atoms with Gasteiger partial charge in [0.05, 0.1) is 18.1 Å². The Labute approximate surface area is 142 Å². The number of aromatic nitrogens is 5. The maximum Gasteiger partial charge on any atom is 0.154 e. The number of hydrogen-bond donors (Lipinski definition) is 1. The number of hydrogen-bond acceptors (Lipinski definition) is 5. The zero-order valence-corrected chi connectivity index (χ0v) is 14.6. The lowest BCUT2D eigenvalue weighted by Gasteiger charge is -2.17. The average molecular weight is 327 g/mol. The highest BCUT2D eigenvalue weighted by Gasteiger charge is 2.09. The summed E-state index contributed by atoms with van der Waals surface area (Å²) in [5.74, 6) is 0.866. The molecule has 3 rings (SSSR count). The number of nitrogens with one attached hydrogen (secondary N) is 1. The molecular weight excluding hydrogens is 302 g/mol. The third kappa shape index (κ3) is 3.56. The summed E-state index contributed by atoms with van der Waals surface area (Å²) < 4.78 is 3.65. The maximum absolute atomic E-state index is 4.67. The van der Waals surface area contributed by atoms with Crippen LogP contribution >= 0.6 is 0 Å². The monoisotopic (exact) mass is 327 g/mol. The van der Waals surface area contributed by atoms with Crippen LogP contribution in [0.15, 0.2) is 30.7 Å². The van der Waals surface area contributed by atoms with E-state index in [1.165, 1.54) is 0 Å². The van der Waals surface area contributed by atoms with Crippen molar-refractivity contribution in [1.29, 1.82) is 0 Å². The van der Waals surface area contributed by atoms with Crippen molar-refractivity contribution >= 4 is 11.5 Å². The molecule has 24 heavy (non-hydrogen) atoms. The molecule has 0 aliphatic rings. The van der Waals surface area contributed by atoms with E-state index in [-0.39, 0.29) is 0 Å². The smallest absolute Gasteiger partial charge is 0.154 e. The standard InChI is InChI=1S/C17H25N7/c1-4-23(5-2)10-6-9-18-16-7-8-17-19-12-15(24(17)21-16)14-11-20-22(3)13-14/h7-8,11-13H,4-6,9-10H2,1-3H3,(H,18,21). The Morgan fingerprint density at radius 1 is 1.17 bits per heavy atom. The Morgan fingerprint density at radius 2 is 2.00 bits per heavy atom. The van der Waals surface area contributed by atoms with Crippen molar-refractivity contribution in [3.05, 3.63) is 30.7 Å². The largest absolute Gasteiger partial charge is 0.369 e. The van der Waals surface area contributed by atoms with Crippen LogP contribution in [0.1, 0.15) is 20.3 Å². The fraction of sp³-hybridized carbons (Fsp3) is 0.471. The van der Waals surface area contributed by atoms with Crippen LogP contribution in [0.3, 0.4) is 0 Å². The lowest BCUT2D eigenvalue weighted by atomic mass is 10.3. The molecule has 0 amide bonds. The van der Waals surface area contributed by atoms with E-state index in [9.17, 15) is 0 Å². The van der Waals surface area contributed by atoms with E-state index in [1.54, 1.807) is 4.68 Å². The van der Waals surface area contributed by atoms with Crippen molar-refractivity contribution in [2.75, 3.05) is 31.5 Å². The van der Waals surface area contributed by atoms with Crippen molar-refractivity contribution < 1.29 is 0 Å². The second-order valence-corrected chi connectivity index (χ2v) is 5.84. The van der Waals surface area contributed by atoms with Gasteiger partial charge in [-0.25, -0.2) is 9.50 Å². The van der Waals surface area contributed by atoms with Crippen molar-refractivity contribution in [2.24, 2.45) is 7.05 Å². The van der Waals surface area contributed by atoms with Crippen LogP contribution in [0.25, 0.3) is 16.9 Å². The van der Waals surface area contributed by atoms with E-state index in [1.807, 2.05) is 42.3 Å². The Balaban J connectivity index is 1.69. The van der Waals surface area contributed by atoms with E-state index in [2.05, 4.69) is 39.2 Å². The molecule has 0 bridgehead atoms. The highest BCUT2D eigenvalue weighted by atomic mass is 15.3. The normalized spacial score (nSPS) is 11.5. The molecule has 0 saturated carbocycles. The summed E-state index contributed by atoms with van der Waals surface area (Å²) in [5.41, 5.74) is 2.80. The molecule has 0 aliphatic carbocycles. The Bertz CT molecular complexity index is 785. The third-order valence-electron chi connectivity index (χ3n) is 4.21. The van der Waals surface area contributed by atoms with Gasteiger partial charge in [-0.15, -0.1) is 5.10 Å². The van der Waals surface area contributed by atoms with E-state index >= 15 is 0 Å². The number of fused-ring (bicyclic) bond motifs is 1. The summed E-state index contributed by atoms with van der Waals surface area (Å²) >= 11 is 0. The third-order valence-corrected chi connectivity index (χ3v) is 4.21. The Hall–Kier alpha value is -2.41. The fourth-order valence-electron chi connectivity index (χ4n) is 2.78. The number of imidazole rings is 1. The van der Waals surface area contributed by atoms with Gasteiger partial charge in [0, 0.05) is 25.4 Å². The van der Waals surface area contributed by atoms with Gasteiger partial charge in [-0.2, -0.15) is 5.10 Å². The van der Waals surface area contributed by atoms with Gasteiger partial charge in [0.2, 0.25) is 0 Å². The summed E-state index contributed by atoms with van der Waals surface area (Å²) in [6, 6.07) is 3.96. The minimum Gasteiger partial charge on any atom is -0.369 e. The first kappa shape index (κ1) is 16.4. The molecule has 1 N–H and O–H groups in total. The van der Waals surface area contributed by atoms with Gasteiger partial charge in [-0.1, -0.05) is 13.8 Å². The van der Waals surface area contributed by atoms with Gasteiger partial charge >= 0.3 is 0 Å². The quantitative estimate of drug-likeness (QED) is 0.643. The van der Waals surface area contributed by atoms with Gasteiger partial charge in [0.25, 0.3) is 0 Å². The molecule has 0 atom stereocenters. The molecule has 0 aliphatic heterocycles. The predicted octanol–water partition coefficient (Wildman–Crippen LogP) is 2.27. The molecule has 7 nitrogen and oxygen atoms in total. The van der Waals surface area contributed by atoms with Crippen LogP contribution in [-0.2, 0) is 7.05 Å². The molecule has 7 heteroatoms. The van der Waals surface area contributed by atoms with Crippen LogP contribution in [0.2, 0.25) is 0 Å². The number of rotatable bonds is 8. The number of anilines is 1. The molecule has 3 heterocycles. The second-order valence-electron chi connectivity index (χ2n) is 5.84. The van der Waals surface area contributed by atoms with Crippen LogP contribution in [0, 0.1) is 0 Å². The fourth-order valence-corrected chi connectivity index (χ4v) is 2.78.